The van der Waals surface area contributed by atoms with Gasteiger partial charge in [-0.2, -0.15) is 0 Å². The maximum Gasteiger partial charge on any atom is 0.126 e. The molecular formula is C20H15F. The lowest BCUT2D eigenvalue weighted by atomic mass is 9.99. The quantitative estimate of drug-likeness (QED) is 0.483. The topological polar surface area (TPSA) is 0 Å². The fraction of sp³-hybridized carbons (Fsp3) is 0.100. The second-order valence-electron chi connectivity index (χ2n) is 5.59. The van der Waals surface area contributed by atoms with Crippen LogP contribution in [0.5, 0.6) is 0 Å². The molecule has 0 saturated carbocycles. The summed E-state index contributed by atoms with van der Waals surface area (Å²) in [5.41, 5.74) is 7.33. The Morgan fingerprint density at radius 2 is 1.52 bits per heavy atom. The molecule has 3 aromatic rings. The molecule has 0 amide bonds. The lowest BCUT2D eigenvalue weighted by Crippen LogP contribution is -1.93. The Balaban J connectivity index is 1.69. The van der Waals surface area contributed by atoms with Gasteiger partial charge in [-0.3, -0.25) is 0 Å². The molecule has 4 rings (SSSR count). The molecule has 102 valence electrons. The van der Waals surface area contributed by atoms with Gasteiger partial charge in [-0.1, -0.05) is 60.7 Å². The van der Waals surface area contributed by atoms with Gasteiger partial charge in [0.05, 0.1) is 0 Å². The van der Waals surface area contributed by atoms with Gasteiger partial charge >= 0.3 is 0 Å². The summed E-state index contributed by atoms with van der Waals surface area (Å²) in [6, 6.07) is 22.1. The number of fused-ring (bicyclic) bond motifs is 3. The van der Waals surface area contributed by atoms with E-state index in [0.29, 0.717) is 6.42 Å². The fourth-order valence-corrected chi connectivity index (χ4v) is 3.17. The van der Waals surface area contributed by atoms with E-state index < -0.39 is 0 Å². The van der Waals surface area contributed by atoms with Gasteiger partial charge < -0.3 is 0 Å². The molecule has 0 aromatic heterocycles. The molecule has 1 aliphatic carbocycles. The maximum atomic E-state index is 13.8. The van der Waals surface area contributed by atoms with Crippen LogP contribution in [0, 0.1) is 5.82 Å². The van der Waals surface area contributed by atoms with Crippen LogP contribution < -0.4 is 0 Å². The second-order valence-corrected chi connectivity index (χ2v) is 5.59. The fourth-order valence-electron chi connectivity index (χ4n) is 3.17. The van der Waals surface area contributed by atoms with Crippen LogP contribution in [0.1, 0.15) is 22.3 Å². The third-order valence-corrected chi connectivity index (χ3v) is 4.21. The molecule has 0 spiro atoms. The van der Waals surface area contributed by atoms with Crippen molar-refractivity contribution in [3.8, 4) is 11.1 Å². The molecule has 0 N–H and O–H groups in total. The minimum Gasteiger partial charge on any atom is -0.207 e. The van der Waals surface area contributed by atoms with E-state index in [4.69, 9.17) is 0 Å². The Morgan fingerprint density at radius 1 is 0.762 bits per heavy atom. The monoisotopic (exact) mass is 274 g/mol. The normalized spacial score (nSPS) is 12.0. The largest absolute Gasteiger partial charge is 0.207 e. The summed E-state index contributed by atoms with van der Waals surface area (Å²) in [6.07, 6.45) is 1.63. The van der Waals surface area contributed by atoms with E-state index in [2.05, 4.69) is 42.5 Å². The highest BCUT2D eigenvalue weighted by Crippen LogP contribution is 2.36. The first kappa shape index (κ1) is 12.3. The van der Waals surface area contributed by atoms with E-state index in [0.717, 1.165) is 12.0 Å². The van der Waals surface area contributed by atoms with Gasteiger partial charge in [-0.25, -0.2) is 4.39 Å². The summed E-state index contributed by atoms with van der Waals surface area (Å²) in [7, 11) is 0. The van der Waals surface area contributed by atoms with Crippen molar-refractivity contribution < 1.29 is 4.39 Å². The SMILES string of the molecule is Fc1ccccc1Cc1ccc2c(c1)Cc1ccccc1-2. The number of hydrogen-bond donors (Lipinski definition) is 0. The van der Waals surface area contributed by atoms with Crippen LogP contribution in [-0.4, -0.2) is 0 Å². The lowest BCUT2D eigenvalue weighted by molar-refractivity contribution is 0.614. The van der Waals surface area contributed by atoms with Gasteiger partial charge in [0.2, 0.25) is 0 Å². The van der Waals surface area contributed by atoms with Crippen LogP contribution in [0.2, 0.25) is 0 Å². The van der Waals surface area contributed by atoms with Crippen molar-refractivity contribution >= 4 is 0 Å². The molecule has 0 aliphatic heterocycles. The van der Waals surface area contributed by atoms with Crippen LogP contribution in [0.25, 0.3) is 11.1 Å². The summed E-state index contributed by atoms with van der Waals surface area (Å²) in [6.45, 7) is 0. The van der Waals surface area contributed by atoms with Crippen LogP contribution in [0.15, 0.2) is 66.7 Å². The average Bonchev–Trinajstić information content (AvgIpc) is 2.87. The van der Waals surface area contributed by atoms with Crippen LogP contribution in [-0.2, 0) is 12.8 Å². The number of halogens is 1. The Morgan fingerprint density at radius 3 is 2.43 bits per heavy atom. The predicted octanol–water partition coefficient (Wildman–Crippen LogP) is 4.99. The van der Waals surface area contributed by atoms with Gasteiger partial charge in [-0.15, -0.1) is 0 Å². The third-order valence-electron chi connectivity index (χ3n) is 4.21. The smallest absolute Gasteiger partial charge is 0.126 e. The predicted molar refractivity (Wildman–Crippen MR) is 83.9 cm³/mol. The van der Waals surface area contributed by atoms with E-state index >= 15 is 0 Å². The molecular weight excluding hydrogens is 259 g/mol. The highest BCUT2D eigenvalue weighted by atomic mass is 19.1. The molecule has 0 bridgehead atoms. The average molecular weight is 274 g/mol. The van der Waals surface area contributed by atoms with Crippen LogP contribution in [0.3, 0.4) is 0 Å². The number of hydrogen-bond acceptors (Lipinski definition) is 0. The van der Waals surface area contributed by atoms with Crippen molar-refractivity contribution in [2.75, 3.05) is 0 Å². The Hall–Kier alpha value is -2.41. The van der Waals surface area contributed by atoms with Crippen LogP contribution >= 0.6 is 0 Å². The molecule has 0 unspecified atom stereocenters. The Kier molecular flexibility index (Phi) is 2.85. The number of rotatable bonds is 2. The van der Waals surface area contributed by atoms with Gasteiger partial charge in [0.1, 0.15) is 5.82 Å². The number of benzene rings is 3. The summed E-state index contributed by atoms with van der Waals surface area (Å²) >= 11 is 0. The molecule has 21 heavy (non-hydrogen) atoms. The molecule has 3 aromatic carbocycles. The first-order valence-electron chi connectivity index (χ1n) is 7.25. The van der Waals surface area contributed by atoms with E-state index in [1.54, 1.807) is 6.07 Å². The van der Waals surface area contributed by atoms with Crippen molar-refractivity contribution in [1.29, 1.82) is 0 Å². The van der Waals surface area contributed by atoms with Crippen molar-refractivity contribution in [2.45, 2.75) is 12.8 Å². The molecule has 1 heteroatoms. The van der Waals surface area contributed by atoms with E-state index in [1.165, 1.54) is 33.9 Å². The summed E-state index contributed by atoms with van der Waals surface area (Å²) in [4.78, 5) is 0. The van der Waals surface area contributed by atoms with Crippen molar-refractivity contribution in [3.05, 3.63) is 94.8 Å². The summed E-state index contributed by atoms with van der Waals surface area (Å²) in [5.74, 6) is -0.124. The van der Waals surface area contributed by atoms with Gasteiger partial charge in [-0.05, 0) is 45.9 Å². The molecule has 0 nitrogen and oxygen atoms in total. The van der Waals surface area contributed by atoms with Crippen molar-refractivity contribution in [1.82, 2.24) is 0 Å². The minimum absolute atomic E-state index is 0.124. The Labute approximate surface area is 123 Å². The second kappa shape index (κ2) is 4.85. The molecule has 0 fully saturated rings. The minimum atomic E-state index is -0.124. The summed E-state index contributed by atoms with van der Waals surface area (Å²) < 4.78 is 13.8. The molecule has 0 saturated heterocycles. The summed E-state index contributed by atoms with van der Waals surface area (Å²) in [5, 5.41) is 0. The highest BCUT2D eigenvalue weighted by Gasteiger charge is 2.17. The van der Waals surface area contributed by atoms with E-state index in [1.807, 2.05) is 12.1 Å². The van der Waals surface area contributed by atoms with Gasteiger partial charge in [0, 0.05) is 6.42 Å². The maximum absolute atomic E-state index is 13.8. The Bertz CT molecular complexity index is 818. The lowest BCUT2D eigenvalue weighted by Gasteiger charge is -2.06. The first-order valence-corrected chi connectivity index (χ1v) is 7.25. The standard InChI is InChI=1S/C20H15F/c21-20-8-4-2-6-16(20)11-14-9-10-19-17(12-14)13-15-5-1-3-7-18(15)19/h1-10,12H,11,13H2. The van der Waals surface area contributed by atoms with Crippen molar-refractivity contribution in [3.63, 3.8) is 0 Å². The third kappa shape index (κ3) is 2.15. The van der Waals surface area contributed by atoms with E-state index in [9.17, 15) is 4.39 Å². The zero-order chi connectivity index (χ0) is 14.2. The van der Waals surface area contributed by atoms with Crippen molar-refractivity contribution in [2.24, 2.45) is 0 Å². The van der Waals surface area contributed by atoms with Crippen LogP contribution in [0.4, 0.5) is 4.39 Å². The molecule has 0 atom stereocenters. The zero-order valence-corrected chi connectivity index (χ0v) is 11.6. The van der Waals surface area contributed by atoms with E-state index in [-0.39, 0.29) is 5.82 Å². The molecule has 0 radical (unpaired) electrons. The first-order chi connectivity index (χ1) is 10.3. The highest BCUT2D eigenvalue weighted by molar-refractivity contribution is 5.76. The molecule has 1 aliphatic rings. The van der Waals surface area contributed by atoms with Gasteiger partial charge in [0.25, 0.3) is 0 Å². The molecule has 0 heterocycles. The zero-order valence-electron chi connectivity index (χ0n) is 11.6. The van der Waals surface area contributed by atoms with Gasteiger partial charge in [0.15, 0.2) is 0 Å².